The molecule has 0 radical (unpaired) electrons. The van der Waals surface area contributed by atoms with Gasteiger partial charge in [-0.15, -0.1) is 26.3 Å². The molecule has 0 amide bonds. The maximum Gasteiger partial charge on any atom is 0.573 e. The first-order chi connectivity index (χ1) is 6.08. The molecule has 1 aromatic rings. The Hall–Kier alpha value is -1.45. The predicted octanol–water partition coefficient (Wildman–Crippen LogP) is 3.39. The number of hydrogen-bond donors (Lipinski definition) is 0. The van der Waals surface area contributed by atoms with Gasteiger partial charge in [-0.25, -0.2) is 0 Å². The number of benzene rings is 1. The van der Waals surface area contributed by atoms with Gasteiger partial charge in [0.25, 0.3) is 0 Å². The van der Waals surface area contributed by atoms with Crippen molar-refractivity contribution in [3.8, 4) is 5.75 Å². The summed E-state index contributed by atoms with van der Waals surface area (Å²) in [6.07, 6.45) is -4.60. The molecule has 0 bridgehead atoms. The van der Waals surface area contributed by atoms with Crippen molar-refractivity contribution >= 4 is 0 Å². The number of hydrogen-bond acceptors (Lipinski definition) is 1. The van der Waals surface area contributed by atoms with Crippen LogP contribution in [0.5, 0.6) is 5.75 Å². The van der Waals surface area contributed by atoms with Crippen LogP contribution in [0.4, 0.5) is 13.2 Å². The number of rotatable bonds is 1. The van der Waals surface area contributed by atoms with Gasteiger partial charge in [0.15, 0.2) is 0 Å². The van der Waals surface area contributed by atoms with Crippen LogP contribution < -0.4 is 4.74 Å². The topological polar surface area (TPSA) is 9.23 Å². The Morgan fingerprint density at radius 3 is 1.85 bits per heavy atom. The van der Waals surface area contributed by atoms with Gasteiger partial charge in [-0.3, -0.25) is 0 Å². The van der Waals surface area contributed by atoms with Gasteiger partial charge in [0.05, 0.1) is 0 Å². The number of para-hydroxylation sites is 1. The third-order valence-electron chi connectivity index (χ3n) is 0.977. The molecule has 0 atom stereocenters. The van der Waals surface area contributed by atoms with Crippen LogP contribution >= 0.6 is 0 Å². The minimum absolute atomic E-state index is 0.194. The lowest BCUT2D eigenvalue weighted by Crippen LogP contribution is -2.16. The first-order valence-corrected chi connectivity index (χ1v) is 3.39. The normalized spacial score (nSPS) is 9.77. The minimum Gasteiger partial charge on any atom is -0.406 e. The summed E-state index contributed by atoms with van der Waals surface area (Å²) in [5.41, 5.74) is 0. The standard InChI is InChI=1S/C7H5F3O.C2H4/c8-7(9,10)11-6-4-2-1-3-5-6;1-2/h1-5H;1-2H2. The lowest BCUT2D eigenvalue weighted by atomic mass is 10.3. The molecule has 0 unspecified atom stereocenters. The molecular formula is C9H9F3O. The average molecular weight is 190 g/mol. The van der Waals surface area contributed by atoms with Gasteiger partial charge in [0, 0.05) is 0 Å². The summed E-state index contributed by atoms with van der Waals surface area (Å²) in [5.74, 6) is -0.194. The third kappa shape index (κ3) is 5.78. The summed E-state index contributed by atoms with van der Waals surface area (Å²) in [7, 11) is 0. The van der Waals surface area contributed by atoms with Crippen molar-refractivity contribution in [2.24, 2.45) is 0 Å². The van der Waals surface area contributed by atoms with Gasteiger partial charge < -0.3 is 4.74 Å². The van der Waals surface area contributed by atoms with Crippen molar-refractivity contribution in [3.05, 3.63) is 43.5 Å². The molecule has 0 saturated carbocycles. The monoisotopic (exact) mass is 190 g/mol. The van der Waals surface area contributed by atoms with Crippen LogP contribution in [0.15, 0.2) is 43.5 Å². The highest BCUT2D eigenvalue weighted by molar-refractivity contribution is 5.20. The molecule has 0 fully saturated rings. The van der Waals surface area contributed by atoms with Crippen molar-refractivity contribution in [2.75, 3.05) is 0 Å². The predicted molar refractivity (Wildman–Crippen MR) is 44.4 cm³/mol. The molecule has 72 valence electrons. The Kier molecular flexibility index (Phi) is 4.66. The minimum atomic E-state index is -4.60. The first-order valence-electron chi connectivity index (χ1n) is 3.39. The number of ether oxygens (including phenoxy) is 1. The Bertz CT molecular complexity index is 230. The van der Waals surface area contributed by atoms with E-state index < -0.39 is 6.36 Å². The molecule has 0 aliphatic rings. The van der Waals surface area contributed by atoms with Crippen molar-refractivity contribution < 1.29 is 17.9 Å². The third-order valence-corrected chi connectivity index (χ3v) is 0.977. The molecule has 0 spiro atoms. The van der Waals surface area contributed by atoms with E-state index in [1.54, 1.807) is 6.07 Å². The van der Waals surface area contributed by atoms with Crippen LogP contribution in [0, 0.1) is 0 Å². The van der Waals surface area contributed by atoms with Gasteiger partial charge in [0.1, 0.15) is 5.75 Å². The van der Waals surface area contributed by atoms with Gasteiger partial charge in [0.2, 0.25) is 0 Å². The van der Waals surface area contributed by atoms with E-state index in [2.05, 4.69) is 17.9 Å². The van der Waals surface area contributed by atoms with E-state index in [9.17, 15) is 13.2 Å². The van der Waals surface area contributed by atoms with Gasteiger partial charge in [-0.05, 0) is 12.1 Å². The molecule has 0 saturated heterocycles. The molecule has 1 nitrogen and oxygen atoms in total. The fourth-order valence-corrected chi connectivity index (χ4v) is 0.622. The second-order valence-corrected chi connectivity index (χ2v) is 1.86. The van der Waals surface area contributed by atoms with E-state index in [0.29, 0.717) is 0 Å². The summed E-state index contributed by atoms with van der Waals surface area (Å²) < 4.78 is 38.2. The Morgan fingerprint density at radius 1 is 1.00 bits per heavy atom. The molecule has 13 heavy (non-hydrogen) atoms. The van der Waals surface area contributed by atoms with Crippen molar-refractivity contribution in [3.63, 3.8) is 0 Å². The van der Waals surface area contributed by atoms with E-state index in [0.717, 1.165) is 0 Å². The molecule has 0 aliphatic carbocycles. The highest BCUT2D eigenvalue weighted by Gasteiger charge is 2.30. The Balaban J connectivity index is 0.000000671. The second-order valence-electron chi connectivity index (χ2n) is 1.86. The zero-order valence-electron chi connectivity index (χ0n) is 6.84. The van der Waals surface area contributed by atoms with E-state index in [4.69, 9.17) is 0 Å². The zero-order chi connectivity index (χ0) is 10.3. The fourth-order valence-electron chi connectivity index (χ4n) is 0.622. The lowest BCUT2D eigenvalue weighted by molar-refractivity contribution is -0.274. The zero-order valence-corrected chi connectivity index (χ0v) is 6.84. The fraction of sp³-hybridized carbons (Fsp3) is 0.111. The Labute approximate surface area is 74.5 Å². The number of halogens is 3. The highest BCUT2D eigenvalue weighted by Crippen LogP contribution is 2.21. The van der Waals surface area contributed by atoms with Gasteiger partial charge >= 0.3 is 6.36 Å². The van der Waals surface area contributed by atoms with Crippen LogP contribution in [0.1, 0.15) is 0 Å². The molecule has 0 heterocycles. The molecule has 1 aromatic carbocycles. The van der Waals surface area contributed by atoms with E-state index in [1.165, 1.54) is 24.3 Å². The van der Waals surface area contributed by atoms with E-state index in [-0.39, 0.29) is 5.75 Å². The van der Waals surface area contributed by atoms with Crippen LogP contribution in [-0.4, -0.2) is 6.36 Å². The van der Waals surface area contributed by atoms with Gasteiger partial charge in [-0.1, -0.05) is 18.2 Å². The summed E-state index contributed by atoms with van der Waals surface area (Å²) in [6, 6.07) is 7.05. The maximum atomic E-state index is 11.5. The highest BCUT2D eigenvalue weighted by atomic mass is 19.4. The first kappa shape index (κ1) is 11.6. The summed E-state index contributed by atoms with van der Waals surface area (Å²) in [4.78, 5) is 0. The quantitative estimate of drug-likeness (QED) is 0.617. The average Bonchev–Trinajstić information content (AvgIpc) is 2.07. The smallest absolute Gasteiger partial charge is 0.406 e. The summed E-state index contributed by atoms with van der Waals surface area (Å²) in [6.45, 7) is 6.00. The number of alkyl halides is 3. The molecule has 1 rings (SSSR count). The van der Waals surface area contributed by atoms with Crippen LogP contribution in [0.2, 0.25) is 0 Å². The second kappa shape index (κ2) is 5.24. The Morgan fingerprint density at radius 2 is 1.46 bits per heavy atom. The summed E-state index contributed by atoms with van der Waals surface area (Å²) in [5, 5.41) is 0. The molecule has 0 N–H and O–H groups in total. The van der Waals surface area contributed by atoms with Gasteiger partial charge in [-0.2, -0.15) is 0 Å². The molecule has 0 aliphatic heterocycles. The summed E-state index contributed by atoms with van der Waals surface area (Å²) >= 11 is 0. The van der Waals surface area contributed by atoms with E-state index in [1.807, 2.05) is 0 Å². The van der Waals surface area contributed by atoms with Crippen molar-refractivity contribution in [1.82, 2.24) is 0 Å². The lowest BCUT2D eigenvalue weighted by Gasteiger charge is -2.07. The largest absolute Gasteiger partial charge is 0.573 e. The van der Waals surface area contributed by atoms with Crippen LogP contribution in [0.3, 0.4) is 0 Å². The van der Waals surface area contributed by atoms with Crippen molar-refractivity contribution in [2.45, 2.75) is 6.36 Å². The van der Waals surface area contributed by atoms with Crippen LogP contribution in [-0.2, 0) is 0 Å². The van der Waals surface area contributed by atoms with Crippen LogP contribution in [0.25, 0.3) is 0 Å². The van der Waals surface area contributed by atoms with E-state index >= 15 is 0 Å². The van der Waals surface area contributed by atoms with Crippen molar-refractivity contribution in [1.29, 1.82) is 0 Å². The molecule has 4 heteroatoms. The SMILES string of the molecule is C=C.FC(F)(F)Oc1ccccc1. The molecule has 0 aromatic heterocycles. The maximum absolute atomic E-state index is 11.5. The molecular weight excluding hydrogens is 181 g/mol.